The summed E-state index contributed by atoms with van der Waals surface area (Å²) in [6.45, 7) is 5.90. The number of amides is 1. The Morgan fingerprint density at radius 2 is 1.96 bits per heavy atom. The maximum atomic E-state index is 12.1. The number of nitrogens with one attached hydrogen (secondary N) is 2. The SMILES string of the molecule is Cn1c(=O)c2[nH]c(SCCCNC(=O)OC(C)(C)C)nc2n(C)c1=O. The molecule has 2 aromatic heterocycles. The van der Waals surface area contributed by atoms with Gasteiger partial charge in [0, 0.05) is 26.4 Å². The van der Waals surface area contributed by atoms with Crippen molar-refractivity contribution in [1.82, 2.24) is 24.4 Å². The lowest BCUT2D eigenvalue weighted by Crippen LogP contribution is -2.36. The molecule has 1 amide bonds. The van der Waals surface area contributed by atoms with Crippen LogP contribution in [0.25, 0.3) is 11.2 Å². The number of carbonyl (C=O) groups excluding carboxylic acids is 1. The van der Waals surface area contributed by atoms with E-state index in [4.69, 9.17) is 4.74 Å². The van der Waals surface area contributed by atoms with Crippen LogP contribution in [0.3, 0.4) is 0 Å². The highest BCUT2D eigenvalue weighted by molar-refractivity contribution is 7.99. The number of imidazole rings is 1. The zero-order valence-corrected chi connectivity index (χ0v) is 15.8. The number of aromatic nitrogens is 4. The first-order chi connectivity index (χ1) is 11.6. The van der Waals surface area contributed by atoms with Gasteiger partial charge in [0.1, 0.15) is 5.60 Å². The molecular formula is C15H23N5O4S. The van der Waals surface area contributed by atoms with Crippen molar-refractivity contribution in [2.75, 3.05) is 12.3 Å². The quantitative estimate of drug-likeness (QED) is 0.600. The number of aryl methyl sites for hydroxylation is 1. The molecule has 2 rings (SSSR count). The summed E-state index contributed by atoms with van der Waals surface area (Å²) in [5.41, 5.74) is -0.692. The van der Waals surface area contributed by atoms with E-state index in [-0.39, 0.29) is 0 Å². The molecule has 0 radical (unpaired) electrons. The number of thioether (sulfide) groups is 1. The van der Waals surface area contributed by atoms with Crippen LogP contribution in [-0.4, -0.2) is 43.1 Å². The van der Waals surface area contributed by atoms with Gasteiger partial charge < -0.3 is 15.0 Å². The topological polar surface area (TPSA) is 111 Å². The number of aromatic amines is 1. The third kappa shape index (κ3) is 4.65. The molecule has 0 aliphatic heterocycles. The fraction of sp³-hybridized carbons (Fsp3) is 0.600. The van der Waals surface area contributed by atoms with Gasteiger partial charge in [0.25, 0.3) is 5.56 Å². The van der Waals surface area contributed by atoms with Gasteiger partial charge in [-0.25, -0.2) is 14.6 Å². The van der Waals surface area contributed by atoms with Crippen molar-refractivity contribution in [1.29, 1.82) is 0 Å². The lowest BCUT2D eigenvalue weighted by atomic mass is 10.2. The van der Waals surface area contributed by atoms with Crippen molar-refractivity contribution in [2.24, 2.45) is 14.1 Å². The van der Waals surface area contributed by atoms with Gasteiger partial charge >= 0.3 is 11.8 Å². The van der Waals surface area contributed by atoms with E-state index in [0.717, 1.165) is 4.57 Å². The van der Waals surface area contributed by atoms with E-state index in [9.17, 15) is 14.4 Å². The minimum absolute atomic E-state index is 0.305. The molecule has 25 heavy (non-hydrogen) atoms. The molecule has 0 spiro atoms. The van der Waals surface area contributed by atoms with Gasteiger partial charge in [-0.3, -0.25) is 13.9 Å². The summed E-state index contributed by atoms with van der Waals surface area (Å²) in [5, 5.41) is 3.24. The number of carbonyl (C=O) groups is 1. The maximum absolute atomic E-state index is 12.1. The van der Waals surface area contributed by atoms with Gasteiger partial charge in [-0.2, -0.15) is 0 Å². The van der Waals surface area contributed by atoms with Crippen LogP contribution in [0.2, 0.25) is 0 Å². The van der Waals surface area contributed by atoms with Crippen molar-refractivity contribution < 1.29 is 9.53 Å². The van der Waals surface area contributed by atoms with E-state index in [1.807, 2.05) is 20.8 Å². The van der Waals surface area contributed by atoms with Crippen LogP contribution in [0.15, 0.2) is 14.7 Å². The highest BCUT2D eigenvalue weighted by atomic mass is 32.2. The van der Waals surface area contributed by atoms with Gasteiger partial charge in [-0.15, -0.1) is 0 Å². The van der Waals surface area contributed by atoms with Crippen LogP contribution < -0.4 is 16.6 Å². The highest BCUT2D eigenvalue weighted by Crippen LogP contribution is 2.17. The Hall–Kier alpha value is -2.23. The zero-order chi connectivity index (χ0) is 18.8. The van der Waals surface area contributed by atoms with E-state index < -0.39 is 22.9 Å². The number of nitrogens with zero attached hydrogens (tertiary/aromatic N) is 3. The second-order valence-corrected chi connectivity index (χ2v) is 7.66. The summed E-state index contributed by atoms with van der Waals surface area (Å²) >= 11 is 1.42. The van der Waals surface area contributed by atoms with E-state index in [1.54, 1.807) is 7.05 Å². The lowest BCUT2D eigenvalue weighted by Gasteiger charge is -2.19. The predicted molar refractivity (Wildman–Crippen MR) is 96.2 cm³/mol. The van der Waals surface area contributed by atoms with Crippen LogP contribution in [0, 0.1) is 0 Å². The molecule has 0 aromatic carbocycles. The van der Waals surface area contributed by atoms with Crippen molar-refractivity contribution in [3.8, 4) is 0 Å². The number of rotatable bonds is 5. The number of hydrogen-bond donors (Lipinski definition) is 2. The molecule has 2 heterocycles. The van der Waals surface area contributed by atoms with Gasteiger partial charge in [0.15, 0.2) is 16.3 Å². The average Bonchev–Trinajstić information content (AvgIpc) is 2.93. The summed E-state index contributed by atoms with van der Waals surface area (Å²) < 4.78 is 7.52. The third-order valence-corrected chi connectivity index (χ3v) is 4.26. The molecule has 0 aliphatic carbocycles. The molecule has 2 N–H and O–H groups in total. The predicted octanol–water partition coefficient (Wildman–Crippen LogP) is 0.967. The first kappa shape index (κ1) is 19.1. The smallest absolute Gasteiger partial charge is 0.407 e. The number of hydrogen-bond acceptors (Lipinski definition) is 6. The molecule has 2 aromatic rings. The summed E-state index contributed by atoms with van der Waals surface area (Å²) in [5.74, 6) is 0.684. The molecule has 0 bridgehead atoms. The van der Waals surface area contributed by atoms with Crippen molar-refractivity contribution in [2.45, 2.75) is 37.9 Å². The Balaban J connectivity index is 1.91. The first-order valence-corrected chi connectivity index (χ1v) is 8.84. The van der Waals surface area contributed by atoms with Crippen LogP contribution in [0.5, 0.6) is 0 Å². The minimum atomic E-state index is -0.519. The van der Waals surface area contributed by atoms with E-state index in [1.165, 1.54) is 23.4 Å². The van der Waals surface area contributed by atoms with Gasteiger partial charge in [-0.05, 0) is 27.2 Å². The zero-order valence-electron chi connectivity index (χ0n) is 15.0. The standard InChI is InChI=1S/C15H23N5O4S/c1-15(2,3)24-13(22)16-7-6-8-25-12-17-9-10(18-12)19(4)14(23)20(5)11(9)21/h6-8H2,1-5H3,(H,16,22)(H,17,18). The molecule has 10 heteroatoms. The van der Waals surface area contributed by atoms with Crippen molar-refractivity contribution in [3.05, 3.63) is 20.8 Å². The molecule has 138 valence electrons. The fourth-order valence-electron chi connectivity index (χ4n) is 2.12. The molecule has 0 saturated carbocycles. The summed E-state index contributed by atoms with van der Waals surface area (Å²) in [6, 6.07) is 0. The Kier molecular flexibility index (Phi) is 5.61. The largest absolute Gasteiger partial charge is 0.444 e. The number of alkyl carbamates (subject to hydrolysis) is 1. The van der Waals surface area contributed by atoms with Crippen LogP contribution >= 0.6 is 11.8 Å². The second kappa shape index (κ2) is 7.34. The third-order valence-electron chi connectivity index (χ3n) is 3.30. The van der Waals surface area contributed by atoms with Gasteiger partial charge in [0.2, 0.25) is 0 Å². The fourth-order valence-corrected chi connectivity index (χ4v) is 2.93. The van der Waals surface area contributed by atoms with E-state index >= 15 is 0 Å². The minimum Gasteiger partial charge on any atom is -0.444 e. The Morgan fingerprint density at radius 3 is 2.60 bits per heavy atom. The van der Waals surface area contributed by atoms with E-state index in [2.05, 4.69) is 15.3 Å². The molecule has 0 atom stereocenters. The van der Waals surface area contributed by atoms with Crippen LogP contribution in [0.1, 0.15) is 27.2 Å². The van der Waals surface area contributed by atoms with Crippen LogP contribution in [0.4, 0.5) is 4.79 Å². The number of fused-ring (bicyclic) bond motifs is 1. The summed E-state index contributed by atoms with van der Waals surface area (Å²) in [7, 11) is 3.00. The summed E-state index contributed by atoms with van der Waals surface area (Å²) in [4.78, 5) is 42.7. The van der Waals surface area contributed by atoms with Crippen LogP contribution in [-0.2, 0) is 18.8 Å². The summed E-state index contributed by atoms with van der Waals surface area (Å²) in [6.07, 6.45) is 0.262. The highest BCUT2D eigenvalue weighted by Gasteiger charge is 2.16. The Labute approximate surface area is 148 Å². The average molecular weight is 369 g/mol. The monoisotopic (exact) mass is 369 g/mol. The molecule has 0 fully saturated rings. The normalized spacial score (nSPS) is 11.7. The molecule has 0 saturated heterocycles. The van der Waals surface area contributed by atoms with Crippen molar-refractivity contribution >= 4 is 29.0 Å². The maximum Gasteiger partial charge on any atom is 0.407 e. The van der Waals surface area contributed by atoms with Gasteiger partial charge in [-0.1, -0.05) is 11.8 Å². The Bertz CT molecular complexity index is 890. The van der Waals surface area contributed by atoms with Crippen molar-refractivity contribution in [3.63, 3.8) is 0 Å². The molecule has 9 nitrogen and oxygen atoms in total. The number of ether oxygens (including phenoxy) is 1. The second-order valence-electron chi connectivity index (χ2n) is 6.58. The number of H-pyrrole nitrogens is 1. The molecular weight excluding hydrogens is 346 g/mol. The lowest BCUT2D eigenvalue weighted by molar-refractivity contribution is 0.0528. The first-order valence-electron chi connectivity index (χ1n) is 7.85. The Morgan fingerprint density at radius 1 is 1.28 bits per heavy atom. The van der Waals surface area contributed by atoms with Gasteiger partial charge in [0.05, 0.1) is 0 Å². The van der Waals surface area contributed by atoms with E-state index in [0.29, 0.717) is 35.0 Å². The molecule has 0 aliphatic rings. The molecule has 0 unspecified atom stereocenters.